The Labute approximate surface area is 127 Å². The van der Waals surface area contributed by atoms with Crippen molar-refractivity contribution < 1.29 is 4.79 Å². The number of hydrogen-bond acceptors (Lipinski definition) is 4. The minimum Gasteiger partial charge on any atom is -0.334 e. The number of amides is 1. The van der Waals surface area contributed by atoms with Gasteiger partial charge in [0, 0.05) is 25.1 Å². The standard InChI is InChI=1S/C15H16N6O/c22-15(12-4-5-14-18-16-11-19(14)9-12)21-8-1-3-13(21)10-20-7-2-6-17-20/h2,4-7,9,11,13H,1,3,8,10H2/t13-/m1/s1. The molecule has 0 spiro atoms. The summed E-state index contributed by atoms with van der Waals surface area (Å²) in [4.78, 5) is 14.7. The van der Waals surface area contributed by atoms with Crippen LogP contribution in [0.1, 0.15) is 23.2 Å². The van der Waals surface area contributed by atoms with E-state index in [4.69, 9.17) is 0 Å². The highest BCUT2D eigenvalue weighted by Gasteiger charge is 2.29. The summed E-state index contributed by atoms with van der Waals surface area (Å²) in [6, 6.07) is 5.74. The van der Waals surface area contributed by atoms with Crippen molar-refractivity contribution in [2.45, 2.75) is 25.4 Å². The van der Waals surface area contributed by atoms with Gasteiger partial charge < -0.3 is 4.90 Å². The molecule has 1 saturated heterocycles. The van der Waals surface area contributed by atoms with Crippen molar-refractivity contribution in [3.05, 3.63) is 48.7 Å². The molecule has 0 aliphatic carbocycles. The van der Waals surface area contributed by atoms with Crippen molar-refractivity contribution in [2.24, 2.45) is 0 Å². The lowest BCUT2D eigenvalue weighted by atomic mass is 10.2. The van der Waals surface area contributed by atoms with Crippen LogP contribution in [0.2, 0.25) is 0 Å². The van der Waals surface area contributed by atoms with Crippen LogP contribution in [0.4, 0.5) is 0 Å². The van der Waals surface area contributed by atoms with E-state index >= 15 is 0 Å². The third-order valence-electron chi connectivity index (χ3n) is 4.13. The number of carbonyl (C=O) groups is 1. The zero-order chi connectivity index (χ0) is 14.9. The van der Waals surface area contributed by atoms with Crippen LogP contribution in [0.5, 0.6) is 0 Å². The summed E-state index contributed by atoms with van der Waals surface area (Å²) in [6.07, 6.45) is 9.15. The maximum Gasteiger partial charge on any atom is 0.255 e. The van der Waals surface area contributed by atoms with Crippen molar-refractivity contribution in [1.82, 2.24) is 29.3 Å². The molecule has 3 aromatic heterocycles. The predicted molar refractivity (Wildman–Crippen MR) is 79.3 cm³/mol. The minimum absolute atomic E-state index is 0.0604. The largest absolute Gasteiger partial charge is 0.334 e. The average Bonchev–Trinajstić information content (AvgIpc) is 3.27. The second-order valence-corrected chi connectivity index (χ2v) is 5.54. The topological polar surface area (TPSA) is 68.3 Å². The first-order chi connectivity index (χ1) is 10.8. The number of hydrogen-bond donors (Lipinski definition) is 0. The first kappa shape index (κ1) is 13.0. The van der Waals surface area contributed by atoms with E-state index in [0.717, 1.165) is 31.6 Å². The smallest absolute Gasteiger partial charge is 0.255 e. The molecule has 3 aromatic rings. The van der Waals surface area contributed by atoms with Crippen LogP contribution in [0.25, 0.3) is 5.65 Å². The Morgan fingerprint density at radius 3 is 3.18 bits per heavy atom. The fraction of sp³-hybridized carbons (Fsp3) is 0.333. The SMILES string of the molecule is O=C(c1ccc2nncn2c1)N1CCC[C@@H]1Cn1cccn1. The number of fused-ring (bicyclic) bond motifs is 1. The van der Waals surface area contributed by atoms with Gasteiger partial charge in [0.2, 0.25) is 0 Å². The van der Waals surface area contributed by atoms with Gasteiger partial charge in [-0.2, -0.15) is 5.10 Å². The lowest BCUT2D eigenvalue weighted by Gasteiger charge is -2.24. The van der Waals surface area contributed by atoms with Crippen LogP contribution in [0.3, 0.4) is 0 Å². The Morgan fingerprint density at radius 1 is 1.36 bits per heavy atom. The second-order valence-electron chi connectivity index (χ2n) is 5.54. The third-order valence-corrected chi connectivity index (χ3v) is 4.13. The van der Waals surface area contributed by atoms with E-state index in [-0.39, 0.29) is 11.9 Å². The van der Waals surface area contributed by atoms with Gasteiger partial charge in [-0.05, 0) is 31.0 Å². The Hall–Kier alpha value is -2.70. The summed E-state index contributed by atoms with van der Waals surface area (Å²) in [5.41, 5.74) is 1.41. The van der Waals surface area contributed by atoms with Crippen LogP contribution in [-0.4, -0.2) is 47.8 Å². The molecule has 0 aromatic carbocycles. The second kappa shape index (κ2) is 5.25. The number of carbonyl (C=O) groups excluding carboxylic acids is 1. The van der Waals surface area contributed by atoms with Crippen LogP contribution < -0.4 is 0 Å². The van der Waals surface area contributed by atoms with Crippen LogP contribution >= 0.6 is 0 Å². The predicted octanol–water partition coefficient (Wildman–Crippen LogP) is 1.23. The van der Waals surface area contributed by atoms with Crippen molar-refractivity contribution in [3.63, 3.8) is 0 Å². The van der Waals surface area contributed by atoms with Gasteiger partial charge >= 0.3 is 0 Å². The quantitative estimate of drug-likeness (QED) is 0.729. The Balaban J connectivity index is 1.57. The van der Waals surface area contributed by atoms with Crippen molar-refractivity contribution in [1.29, 1.82) is 0 Å². The van der Waals surface area contributed by atoms with Crippen molar-refractivity contribution in [2.75, 3.05) is 6.54 Å². The first-order valence-corrected chi connectivity index (χ1v) is 7.39. The fourth-order valence-electron chi connectivity index (χ4n) is 3.04. The molecule has 4 heterocycles. The minimum atomic E-state index is 0.0604. The van der Waals surface area contributed by atoms with E-state index in [2.05, 4.69) is 15.3 Å². The maximum absolute atomic E-state index is 12.8. The lowest BCUT2D eigenvalue weighted by molar-refractivity contribution is 0.0721. The third kappa shape index (κ3) is 2.24. The molecular formula is C15H16N6O. The number of likely N-dealkylation sites (tertiary alicyclic amines) is 1. The molecule has 0 unspecified atom stereocenters. The van der Waals surface area contributed by atoms with E-state index in [1.165, 1.54) is 0 Å². The molecule has 7 heteroatoms. The molecule has 0 bridgehead atoms. The van der Waals surface area contributed by atoms with Gasteiger partial charge in [0.1, 0.15) is 6.33 Å². The highest BCUT2D eigenvalue weighted by atomic mass is 16.2. The van der Waals surface area contributed by atoms with Gasteiger partial charge in [0.25, 0.3) is 5.91 Å². The Morgan fingerprint density at radius 2 is 2.32 bits per heavy atom. The lowest BCUT2D eigenvalue weighted by Crippen LogP contribution is -2.38. The Kier molecular flexibility index (Phi) is 3.10. The molecule has 1 atom stereocenters. The van der Waals surface area contributed by atoms with Gasteiger partial charge in [0.15, 0.2) is 5.65 Å². The summed E-state index contributed by atoms with van der Waals surface area (Å²) in [7, 11) is 0. The average molecular weight is 296 g/mol. The molecule has 0 saturated carbocycles. The highest BCUT2D eigenvalue weighted by Crippen LogP contribution is 2.21. The zero-order valence-corrected chi connectivity index (χ0v) is 12.0. The summed E-state index contributed by atoms with van der Waals surface area (Å²) in [5.74, 6) is 0.0604. The summed E-state index contributed by atoms with van der Waals surface area (Å²) in [6.45, 7) is 1.54. The van der Waals surface area contributed by atoms with Crippen LogP contribution in [0.15, 0.2) is 43.1 Å². The van der Waals surface area contributed by atoms with Crippen molar-refractivity contribution >= 4 is 11.6 Å². The van der Waals surface area contributed by atoms with E-state index in [1.807, 2.05) is 34.0 Å². The Bertz CT molecular complexity index is 793. The molecule has 1 aliphatic rings. The van der Waals surface area contributed by atoms with Gasteiger partial charge in [-0.1, -0.05) is 0 Å². The molecule has 1 amide bonds. The normalized spacial score (nSPS) is 18.2. The molecule has 1 fully saturated rings. The molecule has 112 valence electrons. The van der Waals surface area contributed by atoms with Crippen LogP contribution in [0, 0.1) is 0 Å². The summed E-state index contributed by atoms with van der Waals surface area (Å²) in [5, 5.41) is 12.0. The number of rotatable bonds is 3. The van der Waals surface area contributed by atoms with Gasteiger partial charge in [-0.25, -0.2) is 0 Å². The molecular weight excluding hydrogens is 280 g/mol. The monoisotopic (exact) mass is 296 g/mol. The molecule has 7 nitrogen and oxygen atoms in total. The number of aromatic nitrogens is 5. The maximum atomic E-state index is 12.8. The summed E-state index contributed by atoms with van der Waals surface area (Å²) >= 11 is 0. The number of pyridine rings is 1. The molecule has 0 N–H and O–H groups in total. The van der Waals surface area contributed by atoms with Crippen LogP contribution in [-0.2, 0) is 6.54 Å². The zero-order valence-electron chi connectivity index (χ0n) is 12.0. The highest BCUT2D eigenvalue weighted by molar-refractivity contribution is 5.94. The summed E-state index contributed by atoms with van der Waals surface area (Å²) < 4.78 is 3.66. The van der Waals surface area contributed by atoms with Gasteiger partial charge in [-0.15, -0.1) is 10.2 Å². The van der Waals surface area contributed by atoms with Gasteiger partial charge in [-0.3, -0.25) is 13.9 Å². The fourth-order valence-corrected chi connectivity index (χ4v) is 3.04. The first-order valence-electron chi connectivity index (χ1n) is 7.39. The van der Waals surface area contributed by atoms with Crippen molar-refractivity contribution in [3.8, 4) is 0 Å². The van der Waals surface area contributed by atoms with Gasteiger partial charge in [0.05, 0.1) is 18.2 Å². The number of nitrogens with zero attached hydrogens (tertiary/aromatic N) is 6. The molecule has 1 aliphatic heterocycles. The van der Waals surface area contributed by atoms with E-state index in [9.17, 15) is 4.79 Å². The van der Waals surface area contributed by atoms with E-state index in [1.54, 1.807) is 23.1 Å². The molecule has 0 radical (unpaired) electrons. The molecule has 4 rings (SSSR count). The molecule has 22 heavy (non-hydrogen) atoms. The van der Waals surface area contributed by atoms with E-state index < -0.39 is 0 Å². The van der Waals surface area contributed by atoms with E-state index in [0.29, 0.717) is 5.56 Å².